The lowest BCUT2D eigenvalue weighted by atomic mass is 9.99. The molecule has 0 unspecified atom stereocenters. The van der Waals surface area contributed by atoms with Crippen molar-refractivity contribution < 1.29 is 59.6 Å². The maximum atomic E-state index is 13.7. The van der Waals surface area contributed by atoms with Crippen molar-refractivity contribution >= 4 is 40.7 Å². The van der Waals surface area contributed by atoms with Gasteiger partial charge in [0, 0.05) is 43.3 Å². The second kappa shape index (κ2) is 23.3. The number of nitrogens with two attached hydrogens (primary N) is 1. The van der Waals surface area contributed by atoms with Crippen molar-refractivity contribution in [3.05, 3.63) is 108 Å². The molecule has 4 atom stereocenters. The van der Waals surface area contributed by atoms with Gasteiger partial charge in [0.2, 0.25) is 0 Å². The van der Waals surface area contributed by atoms with Gasteiger partial charge in [0.05, 0.1) is 54.2 Å². The highest BCUT2D eigenvalue weighted by atomic mass is 19.4. The van der Waals surface area contributed by atoms with Gasteiger partial charge in [-0.15, -0.1) is 0 Å². The van der Waals surface area contributed by atoms with Gasteiger partial charge in [-0.05, 0) is 116 Å². The third-order valence-electron chi connectivity index (χ3n) is 14.3. The molecule has 25 heteroatoms. The van der Waals surface area contributed by atoms with Gasteiger partial charge in [-0.25, -0.2) is 34.7 Å². The summed E-state index contributed by atoms with van der Waals surface area (Å²) >= 11 is 0. The summed E-state index contributed by atoms with van der Waals surface area (Å²) in [6.45, 7) is 16.2. The van der Waals surface area contributed by atoms with Crippen molar-refractivity contribution in [2.45, 2.75) is 115 Å². The van der Waals surface area contributed by atoms with E-state index in [-0.39, 0.29) is 29.6 Å². The van der Waals surface area contributed by atoms with E-state index < -0.39 is 41.1 Å². The molecule has 0 aliphatic carbocycles. The molecule has 0 radical (unpaired) electrons. The van der Waals surface area contributed by atoms with Gasteiger partial charge in [-0.2, -0.15) is 26.3 Å². The molecule has 12 rings (SSSR count). The van der Waals surface area contributed by atoms with Crippen molar-refractivity contribution in [1.29, 1.82) is 0 Å². The molecule has 6 aromatic rings. The molecule has 0 saturated carbocycles. The third-order valence-corrected chi connectivity index (χ3v) is 14.3. The molecule has 2 aromatic carbocycles. The molecule has 2 amide bonds. The lowest BCUT2D eigenvalue weighted by Crippen LogP contribution is -2.56. The number of nitrogen functional groups attached to an aromatic ring is 1. The fourth-order valence-corrected chi connectivity index (χ4v) is 10.6. The fourth-order valence-electron chi connectivity index (χ4n) is 10.6. The molecule has 82 heavy (non-hydrogen) atoms. The van der Waals surface area contributed by atoms with E-state index in [1.807, 2.05) is 34.6 Å². The Bertz CT molecular complexity index is 3250. The Hall–Kier alpha value is -7.61. The molecule has 0 spiro atoms. The van der Waals surface area contributed by atoms with Gasteiger partial charge in [0.1, 0.15) is 59.9 Å². The number of hydrogen-bond donors (Lipinski definition) is 3. The van der Waals surface area contributed by atoms with E-state index in [1.54, 1.807) is 48.4 Å². The van der Waals surface area contributed by atoms with Crippen LogP contribution in [-0.2, 0) is 31.3 Å². The van der Waals surface area contributed by atoms with Gasteiger partial charge in [0.15, 0.2) is 34.9 Å². The number of aromatic nitrogens is 6. The standard InChI is InChI=1S/C29H31F3N6O4.C17H17F3N4.C11H16N2O3/c1-17-24-26(36-25(34-17)18-6-4-7-19(12-18)29(30,31)32)38(20-8-5-11-37(24)14-20)27(39)35-23-10-9-21(13-33-23)40-15-22-16-41-28(2,3)42-22;1-10-14-16(22-13-6-3-7-24(14)9-13)23-15(21-10)11-4-2-5-12(8-11)17(18,19)20;1-11(2)15-7-9(16-11)6-14-8-3-4-10(12)13-5-8/h4,6-7,9-10,12-13,20,22H,5,8,11,14-16H2,1-3H3,(H,33,35,39);2,4-5,8,13H,3,6-7,9H2,1H3,(H,21,22,23);3-5,9H,6-7H2,1-2H3,(H2,12,13)/t20-,22-;13-;9-/m000/s1. The van der Waals surface area contributed by atoms with Crippen LogP contribution in [0.2, 0.25) is 0 Å². The van der Waals surface area contributed by atoms with Gasteiger partial charge < -0.3 is 49.3 Å². The molecule has 6 aliphatic heterocycles. The summed E-state index contributed by atoms with van der Waals surface area (Å²) in [5.74, 6) is 2.39. The molecule has 4 bridgehead atoms. The Morgan fingerprint density at radius 1 is 0.707 bits per heavy atom. The van der Waals surface area contributed by atoms with E-state index in [1.165, 1.54) is 24.4 Å². The number of aryl methyl sites for hydroxylation is 2. The summed E-state index contributed by atoms with van der Waals surface area (Å²) in [5, 5.41) is 6.26. The normalized spacial score (nSPS) is 21.1. The van der Waals surface area contributed by atoms with Crippen LogP contribution in [0.3, 0.4) is 0 Å². The molecular weight excluding hydrogens is 1080 g/mol. The number of alkyl halides is 6. The summed E-state index contributed by atoms with van der Waals surface area (Å²) in [4.78, 5) is 46.2. The number of benzene rings is 2. The number of nitrogens with zero attached hydrogens (tertiary/aromatic N) is 9. The molecule has 4 aromatic heterocycles. The molecule has 10 heterocycles. The Balaban J connectivity index is 0.000000157. The van der Waals surface area contributed by atoms with Crippen molar-refractivity contribution in [3.8, 4) is 34.3 Å². The van der Waals surface area contributed by atoms with E-state index >= 15 is 0 Å². The number of piperidine rings is 2. The topological polar surface area (TPSA) is 210 Å². The van der Waals surface area contributed by atoms with Crippen molar-refractivity contribution in [2.24, 2.45) is 0 Å². The first-order valence-electron chi connectivity index (χ1n) is 27.0. The maximum Gasteiger partial charge on any atom is 0.416 e. The molecule has 436 valence electrons. The number of anilines is 6. The number of amides is 2. The van der Waals surface area contributed by atoms with Crippen LogP contribution in [0.4, 0.5) is 65.8 Å². The number of halogens is 6. The SMILES string of the molecule is CC1(C)OC[C@H](COc2ccc(N)nc2)O1.Cc1nc(-c2cccc(C(F)(F)F)c2)nc2c1N1CCC[C@@H](C1)N2.Cc1nc(-c2cccc(C(F)(F)F)c2)nc2c1N1CCC[C@@H](C1)N2C(=O)Nc1ccc(OC[C@H]2COC(C)(C)O2)cn1. The Kier molecular flexibility index (Phi) is 16.4. The Morgan fingerprint density at radius 3 is 1.79 bits per heavy atom. The second-order valence-corrected chi connectivity index (χ2v) is 21.6. The number of ether oxygens (including phenoxy) is 6. The second-order valence-electron chi connectivity index (χ2n) is 21.6. The first-order valence-corrected chi connectivity index (χ1v) is 27.0. The zero-order valence-corrected chi connectivity index (χ0v) is 46.1. The van der Waals surface area contributed by atoms with Crippen LogP contribution in [0.15, 0.2) is 85.2 Å². The van der Waals surface area contributed by atoms with Crippen LogP contribution in [0.5, 0.6) is 11.5 Å². The minimum atomic E-state index is -4.50. The number of urea groups is 1. The highest BCUT2D eigenvalue weighted by molar-refractivity contribution is 6.04. The quantitative estimate of drug-likeness (QED) is 0.115. The molecule has 4 fully saturated rings. The number of carbonyl (C=O) groups is 1. The number of hydrogen-bond acceptors (Lipinski definition) is 17. The third kappa shape index (κ3) is 13.7. The maximum absolute atomic E-state index is 13.7. The van der Waals surface area contributed by atoms with E-state index in [9.17, 15) is 31.1 Å². The van der Waals surface area contributed by atoms with Crippen molar-refractivity contribution in [1.82, 2.24) is 29.9 Å². The van der Waals surface area contributed by atoms with Gasteiger partial charge in [0.25, 0.3) is 0 Å². The largest absolute Gasteiger partial charge is 0.489 e. The summed E-state index contributed by atoms with van der Waals surface area (Å²) in [6, 6.07) is 16.6. The monoisotopic (exact) mass is 1140 g/mol. The highest BCUT2D eigenvalue weighted by Gasteiger charge is 2.41. The minimum Gasteiger partial charge on any atom is -0.489 e. The van der Waals surface area contributed by atoms with Crippen LogP contribution in [0, 0.1) is 13.8 Å². The lowest BCUT2D eigenvalue weighted by Gasteiger charge is -2.46. The Morgan fingerprint density at radius 2 is 1.26 bits per heavy atom. The average molecular weight is 1140 g/mol. The van der Waals surface area contributed by atoms with E-state index in [4.69, 9.17) is 34.2 Å². The number of rotatable bonds is 9. The van der Waals surface area contributed by atoms with Gasteiger partial charge >= 0.3 is 18.4 Å². The van der Waals surface area contributed by atoms with E-state index in [0.29, 0.717) is 90.7 Å². The van der Waals surface area contributed by atoms with Crippen molar-refractivity contribution in [2.75, 3.05) is 83.7 Å². The fraction of sp³-hybridized carbons (Fsp3) is 0.456. The van der Waals surface area contributed by atoms with Crippen molar-refractivity contribution in [3.63, 3.8) is 0 Å². The first-order chi connectivity index (χ1) is 38.9. The van der Waals surface area contributed by atoms with Crippen LogP contribution < -0.4 is 40.5 Å². The van der Waals surface area contributed by atoms with Gasteiger partial charge in [-0.1, -0.05) is 24.3 Å². The zero-order chi connectivity index (χ0) is 58.1. The number of nitrogens with one attached hydrogen (secondary N) is 2. The molecule has 4 saturated heterocycles. The number of fused-ring (bicyclic) bond motifs is 8. The van der Waals surface area contributed by atoms with Gasteiger partial charge in [-0.3, -0.25) is 10.2 Å². The number of carbonyl (C=O) groups excluding carboxylic acids is 1. The lowest BCUT2D eigenvalue weighted by molar-refractivity contribution is -0.141. The van der Waals surface area contributed by atoms with Crippen LogP contribution in [0.1, 0.15) is 75.9 Å². The van der Waals surface area contributed by atoms with Crippen LogP contribution >= 0.6 is 0 Å². The predicted octanol–water partition coefficient (Wildman–Crippen LogP) is 10.5. The van der Waals surface area contributed by atoms with Crippen LogP contribution in [0.25, 0.3) is 22.8 Å². The summed E-state index contributed by atoms with van der Waals surface area (Å²) in [7, 11) is 0. The predicted molar refractivity (Wildman–Crippen MR) is 294 cm³/mol. The summed E-state index contributed by atoms with van der Waals surface area (Å²) < 4.78 is 113. The highest BCUT2D eigenvalue weighted by Crippen LogP contribution is 2.43. The minimum absolute atomic E-state index is 0.0347. The summed E-state index contributed by atoms with van der Waals surface area (Å²) in [6.07, 6.45) is -2.17. The summed E-state index contributed by atoms with van der Waals surface area (Å²) in [5.41, 5.74) is 7.65. The zero-order valence-electron chi connectivity index (χ0n) is 46.1. The van der Waals surface area contributed by atoms with Crippen LogP contribution in [-0.4, -0.2) is 124 Å². The molecule has 19 nitrogen and oxygen atoms in total. The molecular formula is C57H64F6N12O7. The number of pyridine rings is 2. The Labute approximate surface area is 469 Å². The van der Waals surface area contributed by atoms with E-state index in [0.717, 1.165) is 86.8 Å². The first kappa shape index (κ1) is 57.6. The smallest absolute Gasteiger partial charge is 0.416 e. The molecule has 6 aliphatic rings. The average Bonchev–Trinajstić information content (AvgIpc) is 2.75. The molecule has 4 N–H and O–H groups in total. The van der Waals surface area contributed by atoms with E-state index in [2.05, 4.69) is 50.3 Å².